The second-order valence-corrected chi connectivity index (χ2v) is 8.70. The predicted octanol–water partition coefficient (Wildman–Crippen LogP) is 6.55. The topological polar surface area (TPSA) is 20.3 Å². The average Bonchev–Trinajstić information content (AvgIpc) is 2.98. The summed E-state index contributed by atoms with van der Waals surface area (Å²) >= 11 is 4.98. The molecule has 1 aromatic rings. The summed E-state index contributed by atoms with van der Waals surface area (Å²) in [5.41, 5.74) is 0. The zero-order valence-electron chi connectivity index (χ0n) is 14.8. The van der Waals surface area contributed by atoms with Crippen LogP contribution in [0.25, 0.3) is 0 Å². The quantitative estimate of drug-likeness (QED) is 0.260. The molecule has 0 saturated carbocycles. The Balaban J connectivity index is 2.35. The standard InChI is InChI=1S/C19H32BrNOS/c1-3-5-7-9-14-21(15-10-8-6-4-2)16-13-17(22)18-11-12-19(20)23-18/h11-12H,3-10,13-16H2,1-2H3. The summed E-state index contributed by atoms with van der Waals surface area (Å²) in [7, 11) is 0. The predicted molar refractivity (Wildman–Crippen MR) is 106 cm³/mol. The van der Waals surface area contributed by atoms with Gasteiger partial charge in [0, 0.05) is 13.0 Å². The molecule has 0 radical (unpaired) electrons. The van der Waals surface area contributed by atoms with Crippen molar-refractivity contribution in [1.29, 1.82) is 0 Å². The largest absolute Gasteiger partial charge is 0.303 e. The number of halogens is 1. The third-order valence-corrected chi connectivity index (χ3v) is 5.82. The van der Waals surface area contributed by atoms with E-state index in [1.807, 2.05) is 12.1 Å². The van der Waals surface area contributed by atoms with E-state index in [-0.39, 0.29) is 5.78 Å². The molecular formula is C19H32BrNOS. The number of thiophene rings is 1. The van der Waals surface area contributed by atoms with Crippen LogP contribution in [0.5, 0.6) is 0 Å². The van der Waals surface area contributed by atoms with E-state index in [0.717, 1.165) is 28.3 Å². The number of hydrogen-bond donors (Lipinski definition) is 0. The van der Waals surface area contributed by atoms with Crippen LogP contribution in [0.3, 0.4) is 0 Å². The Labute approximate surface area is 154 Å². The summed E-state index contributed by atoms with van der Waals surface area (Å²) in [5, 5.41) is 0. The molecule has 2 nitrogen and oxygen atoms in total. The summed E-state index contributed by atoms with van der Waals surface area (Å²) in [6.45, 7) is 7.70. The van der Waals surface area contributed by atoms with Gasteiger partial charge in [-0.3, -0.25) is 4.79 Å². The van der Waals surface area contributed by atoms with Crippen LogP contribution in [0.15, 0.2) is 15.9 Å². The van der Waals surface area contributed by atoms with E-state index in [1.54, 1.807) is 11.3 Å². The number of hydrogen-bond acceptors (Lipinski definition) is 3. The Morgan fingerprint density at radius 2 is 1.57 bits per heavy atom. The van der Waals surface area contributed by atoms with Gasteiger partial charge >= 0.3 is 0 Å². The molecule has 0 N–H and O–H groups in total. The van der Waals surface area contributed by atoms with Crippen LogP contribution in [-0.2, 0) is 0 Å². The van der Waals surface area contributed by atoms with E-state index in [1.165, 1.54) is 51.4 Å². The smallest absolute Gasteiger partial charge is 0.174 e. The third-order valence-electron chi connectivity index (χ3n) is 4.16. The minimum Gasteiger partial charge on any atom is -0.303 e. The molecule has 0 fully saturated rings. The minimum atomic E-state index is 0.285. The second kappa shape index (κ2) is 13.1. The van der Waals surface area contributed by atoms with E-state index in [2.05, 4.69) is 34.7 Å². The molecule has 0 spiro atoms. The fourth-order valence-electron chi connectivity index (χ4n) is 2.71. The Kier molecular flexibility index (Phi) is 11.9. The van der Waals surface area contributed by atoms with E-state index in [0.29, 0.717) is 6.42 Å². The van der Waals surface area contributed by atoms with Crippen molar-refractivity contribution in [3.8, 4) is 0 Å². The molecule has 0 amide bonds. The molecule has 1 aromatic heterocycles. The first-order chi connectivity index (χ1) is 11.2. The van der Waals surface area contributed by atoms with Gasteiger partial charge in [0.25, 0.3) is 0 Å². The van der Waals surface area contributed by atoms with Crippen molar-refractivity contribution in [2.75, 3.05) is 19.6 Å². The van der Waals surface area contributed by atoms with Gasteiger partial charge in [0.2, 0.25) is 0 Å². The van der Waals surface area contributed by atoms with Crippen molar-refractivity contribution < 1.29 is 4.79 Å². The van der Waals surface area contributed by atoms with E-state index >= 15 is 0 Å². The second-order valence-electron chi connectivity index (χ2n) is 6.24. The SMILES string of the molecule is CCCCCCN(CCCCCC)CCC(=O)c1ccc(Br)s1. The highest BCUT2D eigenvalue weighted by Crippen LogP contribution is 2.23. The molecule has 1 rings (SSSR count). The number of carbonyl (C=O) groups excluding carboxylic acids is 1. The summed E-state index contributed by atoms with van der Waals surface area (Å²) < 4.78 is 1.04. The number of nitrogens with zero attached hydrogens (tertiary/aromatic N) is 1. The lowest BCUT2D eigenvalue weighted by Crippen LogP contribution is -2.28. The van der Waals surface area contributed by atoms with Crippen molar-refractivity contribution in [2.45, 2.75) is 71.6 Å². The lowest BCUT2D eigenvalue weighted by atomic mass is 10.1. The van der Waals surface area contributed by atoms with Crippen molar-refractivity contribution >= 4 is 33.0 Å². The molecular weight excluding hydrogens is 370 g/mol. The highest BCUT2D eigenvalue weighted by molar-refractivity contribution is 9.11. The van der Waals surface area contributed by atoms with Gasteiger partial charge in [-0.15, -0.1) is 11.3 Å². The van der Waals surface area contributed by atoms with Crippen LogP contribution < -0.4 is 0 Å². The maximum absolute atomic E-state index is 12.3. The van der Waals surface area contributed by atoms with E-state index < -0.39 is 0 Å². The zero-order valence-corrected chi connectivity index (χ0v) is 17.2. The van der Waals surface area contributed by atoms with Crippen LogP contribution in [0.4, 0.5) is 0 Å². The van der Waals surface area contributed by atoms with Crippen molar-refractivity contribution in [2.24, 2.45) is 0 Å². The Morgan fingerprint density at radius 1 is 0.957 bits per heavy atom. The molecule has 23 heavy (non-hydrogen) atoms. The molecule has 0 atom stereocenters. The molecule has 0 aliphatic carbocycles. The Hall–Kier alpha value is -0.190. The molecule has 0 bridgehead atoms. The van der Waals surface area contributed by atoms with Crippen molar-refractivity contribution in [1.82, 2.24) is 4.90 Å². The molecule has 0 saturated heterocycles. The van der Waals surface area contributed by atoms with Gasteiger partial charge in [0.15, 0.2) is 5.78 Å². The summed E-state index contributed by atoms with van der Waals surface area (Å²) in [5.74, 6) is 0.285. The van der Waals surface area contributed by atoms with Crippen molar-refractivity contribution in [3.63, 3.8) is 0 Å². The third kappa shape index (κ3) is 9.63. The number of ketones is 1. The zero-order chi connectivity index (χ0) is 16.9. The van der Waals surface area contributed by atoms with Gasteiger partial charge in [-0.25, -0.2) is 0 Å². The van der Waals surface area contributed by atoms with Gasteiger partial charge in [-0.05, 0) is 54.0 Å². The Bertz CT molecular complexity index is 421. The van der Waals surface area contributed by atoms with Crippen molar-refractivity contribution in [3.05, 3.63) is 20.8 Å². The molecule has 4 heteroatoms. The normalized spacial score (nSPS) is 11.3. The van der Waals surface area contributed by atoms with Gasteiger partial charge in [-0.2, -0.15) is 0 Å². The monoisotopic (exact) mass is 401 g/mol. The molecule has 0 unspecified atom stereocenters. The fraction of sp³-hybridized carbons (Fsp3) is 0.737. The highest BCUT2D eigenvalue weighted by atomic mass is 79.9. The minimum absolute atomic E-state index is 0.285. The molecule has 132 valence electrons. The molecule has 0 aliphatic rings. The maximum Gasteiger partial charge on any atom is 0.174 e. The summed E-state index contributed by atoms with van der Waals surface area (Å²) in [6, 6.07) is 3.90. The van der Waals surface area contributed by atoms with Gasteiger partial charge < -0.3 is 4.90 Å². The number of carbonyl (C=O) groups is 1. The summed E-state index contributed by atoms with van der Waals surface area (Å²) in [6.07, 6.45) is 11.0. The van der Waals surface area contributed by atoms with Crippen LogP contribution in [-0.4, -0.2) is 30.3 Å². The lowest BCUT2D eigenvalue weighted by molar-refractivity contribution is 0.0967. The first-order valence-corrected chi connectivity index (χ1v) is 10.8. The molecule has 0 aliphatic heterocycles. The average molecular weight is 402 g/mol. The van der Waals surface area contributed by atoms with E-state index in [4.69, 9.17) is 0 Å². The van der Waals surface area contributed by atoms with Crippen LogP contribution in [0, 0.1) is 0 Å². The Morgan fingerprint density at radius 3 is 2.04 bits per heavy atom. The van der Waals surface area contributed by atoms with Crippen LogP contribution in [0.2, 0.25) is 0 Å². The van der Waals surface area contributed by atoms with Gasteiger partial charge in [0.1, 0.15) is 0 Å². The van der Waals surface area contributed by atoms with Gasteiger partial charge in [0.05, 0.1) is 8.66 Å². The fourth-order valence-corrected chi connectivity index (χ4v) is 4.06. The first-order valence-electron chi connectivity index (χ1n) is 9.18. The maximum atomic E-state index is 12.3. The lowest BCUT2D eigenvalue weighted by Gasteiger charge is -2.22. The number of Topliss-reactive ketones (excluding diaryl/α,β-unsaturated/α-hetero) is 1. The van der Waals surface area contributed by atoms with E-state index in [9.17, 15) is 4.79 Å². The summed E-state index contributed by atoms with van der Waals surface area (Å²) in [4.78, 5) is 15.7. The van der Waals surface area contributed by atoms with Crippen LogP contribution in [0.1, 0.15) is 81.3 Å². The highest BCUT2D eigenvalue weighted by Gasteiger charge is 2.11. The van der Waals surface area contributed by atoms with Gasteiger partial charge in [-0.1, -0.05) is 52.4 Å². The van der Waals surface area contributed by atoms with Crippen LogP contribution >= 0.6 is 27.3 Å². The molecule has 1 heterocycles. The molecule has 0 aromatic carbocycles. The first kappa shape index (κ1) is 20.9. The number of rotatable bonds is 14. The number of unbranched alkanes of at least 4 members (excludes halogenated alkanes) is 6.